The molecule has 0 aliphatic heterocycles. The summed E-state index contributed by atoms with van der Waals surface area (Å²) in [7, 11) is 5.77. The van der Waals surface area contributed by atoms with Gasteiger partial charge in [-0.15, -0.1) is 0 Å². The minimum absolute atomic E-state index is 0.0871. The molecule has 2 heterocycles. The number of nitrogens with two attached hydrogens (primary N) is 2. The SMILES string of the molecule is CNCC(O)c1ccc(O)c(O)c1.C[n+]1ccc(-c2cc[n+](C)cc2)cc1.NCC(O)c1ccc(O)c(O)c1.NCCc1ccc(O)c(O)c1. The van der Waals surface area contributed by atoms with Gasteiger partial charge in [0, 0.05) is 37.4 Å². The molecule has 0 bridgehead atoms. The highest BCUT2D eigenvalue weighted by molar-refractivity contribution is 5.60. The van der Waals surface area contributed by atoms with Crippen molar-refractivity contribution < 1.29 is 50.0 Å². The Bertz CT molecular complexity index is 1690. The molecule has 5 aromatic rings. The summed E-state index contributed by atoms with van der Waals surface area (Å²) in [5.41, 5.74) is 15.0. The highest BCUT2D eigenvalue weighted by Gasteiger charge is 2.09. The van der Waals surface area contributed by atoms with E-state index in [4.69, 9.17) is 42.1 Å². The Kier molecular flexibility index (Phi) is 17.0. The fourth-order valence-corrected chi connectivity index (χ4v) is 4.22. The van der Waals surface area contributed by atoms with Crippen LogP contribution in [0, 0.1) is 0 Å². The summed E-state index contributed by atoms with van der Waals surface area (Å²) in [6, 6.07) is 21.6. The summed E-state index contributed by atoms with van der Waals surface area (Å²) in [6.07, 6.45) is 7.48. The molecule has 5 rings (SSSR count). The Morgan fingerprint density at radius 1 is 0.560 bits per heavy atom. The second-order valence-corrected chi connectivity index (χ2v) is 11.2. The maximum atomic E-state index is 9.48. The number of hydrogen-bond acceptors (Lipinski definition) is 11. The van der Waals surface area contributed by atoms with Gasteiger partial charge in [0.15, 0.2) is 59.3 Å². The van der Waals surface area contributed by atoms with Crippen molar-refractivity contribution in [2.45, 2.75) is 18.6 Å². The minimum Gasteiger partial charge on any atom is -0.504 e. The van der Waals surface area contributed by atoms with Crippen LogP contribution in [0.1, 0.15) is 28.9 Å². The predicted molar refractivity (Wildman–Crippen MR) is 189 cm³/mol. The van der Waals surface area contributed by atoms with Gasteiger partial charge in [-0.05, 0) is 84.2 Å². The molecular weight excluding hydrogens is 642 g/mol. The minimum atomic E-state index is -0.795. The van der Waals surface area contributed by atoms with Gasteiger partial charge in [-0.3, -0.25) is 0 Å². The molecule has 13 N–H and O–H groups in total. The van der Waals surface area contributed by atoms with E-state index in [0.717, 1.165) is 5.56 Å². The number of likely N-dealkylation sites (N-methyl/N-ethyl adjacent to an activating group) is 1. The van der Waals surface area contributed by atoms with Crippen molar-refractivity contribution >= 4 is 0 Å². The summed E-state index contributed by atoms with van der Waals surface area (Å²) in [5.74, 6) is -1.03. The Balaban J connectivity index is 0.000000232. The molecule has 2 aromatic heterocycles. The van der Waals surface area contributed by atoms with Gasteiger partial charge in [-0.1, -0.05) is 18.2 Å². The van der Waals surface area contributed by atoms with Crippen molar-refractivity contribution in [1.29, 1.82) is 0 Å². The van der Waals surface area contributed by atoms with E-state index in [1.807, 2.05) is 23.2 Å². The average molecular weight is 692 g/mol. The van der Waals surface area contributed by atoms with Crippen LogP contribution in [0.15, 0.2) is 104 Å². The summed E-state index contributed by atoms with van der Waals surface area (Å²) in [6.45, 7) is 1.04. The number of aromatic hydroxyl groups is 6. The number of benzene rings is 3. The topological polar surface area (TPSA) is 234 Å². The van der Waals surface area contributed by atoms with E-state index in [0.29, 0.717) is 30.6 Å². The number of rotatable bonds is 8. The molecule has 268 valence electrons. The van der Waals surface area contributed by atoms with Crippen molar-refractivity contribution in [1.82, 2.24) is 5.32 Å². The maximum Gasteiger partial charge on any atom is 0.169 e. The van der Waals surface area contributed by atoms with Crippen molar-refractivity contribution in [2.24, 2.45) is 25.6 Å². The van der Waals surface area contributed by atoms with E-state index in [9.17, 15) is 10.2 Å². The van der Waals surface area contributed by atoms with Gasteiger partial charge in [0.2, 0.25) is 0 Å². The monoisotopic (exact) mass is 691 g/mol. The number of nitrogens with one attached hydrogen (secondary N) is 1. The quantitative estimate of drug-likeness (QED) is 0.0832. The number of aliphatic hydroxyl groups excluding tert-OH is 2. The van der Waals surface area contributed by atoms with E-state index >= 15 is 0 Å². The lowest BCUT2D eigenvalue weighted by molar-refractivity contribution is -0.671. The number of hydrogen-bond donors (Lipinski definition) is 11. The van der Waals surface area contributed by atoms with Crippen LogP contribution in [0.3, 0.4) is 0 Å². The molecule has 0 saturated heterocycles. The number of aryl methyl sites for hydroxylation is 2. The van der Waals surface area contributed by atoms with E-state index in [2.05, 4.69) is 54.4 Å². The predicted octanol–water partition coefficient (Wildman–Crippen LogP) is 2.04. The highest BCUT2D eigenvalue weighted by Crippen LogP contribution is 2.28. The summed E-state index contributed by atoms with van der Waals surface area (Å²) < 4.78 is 4.07. The van der Waals surface area contributed by atoms with Crippen LogP contribution in [0.25, 0.3) is 11.1 Å². The molecule has 0 fully saturated rings. The van der Waals surface area contributed by atoms with Crippen LogP contribution in [0.5, 0.6) is 34.5 Å². The Labute approximate surface area is 291 Å². The molecular formula is C37H49N5O8+2. The third-order valence-corrected chi connectivity index (χ3v) is 7.15. The number of aromatic nitrogens is 2. The number of phenols is 6. The summed E-state index contributed by atoms with van der Waals surface area (Å²) in [4.78, 5) is 0. The molecule has 50 heavy (non-hydrogen) atoms. The lowest BCUT2D eigenvalue weighted by atomic mass is 10.1. The Morgan fingerprint density at radius 2 is 0.960 bits per heavy atom. The van der Waals surface area contributed by atoms with Gasteiger partial charge >= 0.3 is 0 Å². The molecule has 13 nitrogen and oxygen atoms in total. The van der Waals surface area contributed by atoms with Crippen molar-refractivity contribution in [3.63, 3.8) is 0 Å². The van der Waals surface area contributed by atoms with E-state index in [1.165, 1.54) is 53.6 Å². The van der Waals surface area contributed by atoms with E-state index in [1.54, 1.807) is 19.2 Å². The zero-order valence-corrected chi connectivity index (χ0v) is 28.4. The molecule has 3 aromatic carbocycles. The van der Waals surface area contributed by atoms with Gasteiger partial charge in [-0.25, -0.2) is 9.13 Å². The second kappa shape index (κ2) is 20.8. The van der Waals surface area contributed by atoms with Crippen LogP contribution in [0.2, 0.25) is 0 Å². The lowest BCUT2D eigenvalue weighted by Crippen LogP contribution is -2.26. The molecule has 0 aliphatic carbocycles. The standard InChI is InChI=1S/C12H14N2.C9H13NO3.C8H11NO3.C8H11NO2/c1-13-7-3-11(4-8-13)12-5-9-14(2)10-6-12;1-10-5-9(13)6-2-3-7(11)8(12)4-6;9-4-8(12)5-1-2-6(10)7(11)3-5;9-4-3-6-1-2-7(10)8(11)5-6/h3-10H,1-2H3;2-4,9-13H,5H2,1H3;1-3,8,10-12H,4,9H2;1-2,5,10-11H,3-4,9H2/q+2;;;. The van der Waals surface area contributed by atoms with Crippen LogP contribution >= 0.6 is 0 Å². The first-order chi connectivity index (χ1) is 23.8. The third-order valence-electron chi connectivity index (χ3n) is 7.15. The van der Waals surface area contributed by atoms with Crippen LogP contribution < -0.4 is 25.9 Å². The molecule has 0 saturated carbocycles. The van der Waals surface area contributed by atoms with Crippen molar-refractivity contribution in [2.75, 3.05) is 26.7 Å². The fraction of sp³-hybridized carbons (Fsp3) is 0.243. The lowest BCUT2D eigenvalue weighted by Gasteiger charge is -2.10. The molecule has 2 unspecified atom stereocenters. The van der Waals surface area contributed by atoms with Gasteiger partial charge in [-0.2, -0.15) is 0 Å². The molecule has 0 radical (unpaired) electrons. The molecule has 0 spiro atoms. The number of phenolic OH excluding ortho intramolecular Hbond substituents is 6. The van der Waals surface area contributed by atoms with Gasteiger partial charge < -0.3 is 57.6 Å². The number of nitrogens with zero attached hydrogens (tertiary/aromatic N) is 2. The maximum absolute atomic E-state index is 9.48. The molecule has 2 atom stereocenters. The molecule has 0 amide bonds. The number of aliphatic hydroxyl groups is 2. The molecule has 13 heteroatoms. The molecule has 0 aliphatic rings. The highest BCUT2D eigenvalue weighted by atomic mass is 16.3. The van der Waals surface area contributed by atoms with E-state index < -0.39 is 12.2 Å². The smallest absolute Gasteiger partial charge is 0.169 e. The average Bonchev–Trinajstić information content (AvgIpc) is 3.10. The normalized spacial score (nSPS) is 11.4. The van der Waals surface area contributed by atoms with Crippen molar-refractivity contribution in [3.8, 4) is 45.6 Å². The van der Waals surface area contributed by atoms with Crippen LogP contribution in [-0.2, 0) is 20.5 Å². The zero-order valence-electron chi connectivity index (χ0n) is 28.4. The Morgan fingerprint density at radius 3 is 1.32 bits per heavy atom. The van der Waals surface area contributed by atoms with Crippen LogP contribution in [0.4, 0.5) is 0 Å². The van der Waals surface area contributed by atoms with Crippen LogP contribution in [-0.4, -0.2) is 67.5 Å². The first-order valence-electron chi connectivity index (χ1n) is 15.7. The zero-order chi connectivity index (χ0) is 37.2. The summed E-state index contributed by atoms with van der Waals surface area (Å²) in [5, 5.41) is 75.6. The second-order valence-electron chi connectivity index (χ2n) is 11.2. The van der Waals surface area contributed by atoms with Gasteiger partial charge in [0.25, 0.3) is 0 Å². The largest absolute Gasteiger partial charge is 0.504 e. The van der Waals surface area contributed by atoms with E-state index in [-0.39, 0.29) is 41.0 Å². The van der Waals surface area contributed by atoms with Crippen molar-refractivity contribution in [3.05, 3.63) is 120 Å². The Hall–Kier alpha value is -5.44. The van der Waals surface area contributed by atoms with Gasteiger partial charge in [0.1, 0.15) is 14.1 Å². The first kappa shape index (κ1) is 40.7. The first-order valence-corrected chi connectivity index (χ1v) is 15.7. The fourth-order valence-electron chi connectivity index (χ4n) is 4.22. The summed E-state index contributed by atoms with van der Waals surface area (Å²) >= 11 is 0. The van der Waals surface area contributed by atoms with Gasteiger partial charge in [0.05, 0.1) is 12.2 Å². The number of pyridine rings is 2. The third kappa shape index (κ3) is 13.6.